The van der Waals surface area contributed by atoms with Gasteiger partial charge in [-0.2, -0.15) is 12.7 Å². The SMILES string of the molecule is CNCC(C)C(=O)N1CCN(S(N)(=O)=O)CC1. The fourth-order valence-electron chi connectivity index (χ4n) is 1.87. The molecule has 7 nitrogen and oxygen atoms in total. The molecule has 0 saturated carbocycles. The first-order valence-electron chi connectivity index (χ1n) is 5.57. The molecule has 1 fully saturated rings. The highest BCUT2D eigenvalue weighted by atomic mass is 32.2. The van der Waals surface area contributed by atoms with Crippen molar-refractivity contribution in [3.05, 3.63) is 0 Å². The fraction of sp³-hybridized carbons (Fsp3) is 0.889. The van der Waals surface area contributed by atoms with Gasteiger partial charge in [-0.3, -0.25) is 4.79 Å². The number of carbonyl (C=O) groups excluding carboxylic acids is 1. The van der Waals surface area contributed by atoms with E-state index < -0.39 is 10.2 Å². The molecular formula is C9H20N4O3S. The summed E-state index contributed by atoms with van der Waals surface area (Å²) in [6.07, 6.45) is 0. The lowest BCUT2D eigenvalue weighted by Crippen LogP contribution is -2.53. The lowest BCUT2D eigenvalue weighted by Gasteiger charge is -2.34. The molecule has 1 unspecified atom stereocenters. The minimum absolute atomic E-state index is 0.0495. The highest BCUT2D eigenvalue weighted by molar-refractivity contribution is 7.86. The molecule has 0 radical (unpaired) electrons. The van der Waals surface area contributed by atoms with Crippen molar-refractivity contribution in [1.82, 2.24) is 14.5 Å². The van der Waals surface area contributed by atoms with Crippen LogP contribution >= 0.6 is 0 Å². The largest absolute Gasteiger partial charge is 0.340 e. The molecule has 100 valence electrons. The van der Waals surface area contributed by atoms with Crippen molar-refractivity contribution in [2.24, 2.45) is 11.1 Å². The van der Waals surface area contributed by atoms with Gasteiger partial charge in [0.05, 0.1) is 0 Å². The van der Waals surface area contributed by atoms with Crippen LogP contribution in [0.4, 0.5) is 0 Å². The lowest BCUT2D eigenvalue weighted by atomic mass is 10.1. The summed E-state index contributed by atoms with van der Waals surface area (Å²) in [5.41, 5.74) is 0. The van der Waals surface area contributed by atoms with Crippen LogP contribution < -0.4 is 10.5 Å². The van der Waals surface area contributed by atoms with Crippen molar-refractivity contribution in [2.75, 3.05) is 39.8 Å². The summed E-state index contributed by atoms with van der Waals surface area (Å²) < 4.78 is 23.4. The van der Waals surface area contributed by atoms with E-state index in [1.807, 2.05) is 6.92 Å². The van der Waals surface area contributed by atoms with Crippen LogP contribution in [-0.2, 0) is 15.0 Å². The van der Waals surface area contributed by atoms with Crippen LogP contribution in [-0.4, -0.2) is 63.3 Å². The minimum atomic E-state index is -3.62. The summed E-state index contributed by atoms with van der Waals surface area (Å²) in [5, 5.41) is 7.97. The molecule has 17 heavy (non-hydrogen) atoms. The van der Waals surface area contributed by atoms with Gasteiger partial charge in [-0.25, -0.2) is 5.14 Å². The second kappa shape index (κ2) is 5.76. The number of amides is 1. The number of piperazine rings is 1. The number of rotatable bonds is 4. The Morgan fingerprint density at radius 1 is 1.35 bits per heavy atom. The van der Waals surface area contributed by atoms with Gasteiger partial charge in [0, 0.05) is 38.6 Å². The first-order valence-corrected chi connectivity index (χ1v) is 7.08. The van der Waals surface area contributed by atoms with Crippen molar-refractivity contribution in [2.45, 2.75) is 6.92 Å². The molecule has 1 saturated heterocycles. The van der Waals surface area contributed by atoms with E-state index in [1.165, 1.54) is 4.31 Å². The zero-order valence-corrected chi connectivity index (χ0v) is 11.0. The average molecular weight is 264 g/mol. The first kappa shape index (κ1) is 14.4. The molecule has 0 aromatic carbocycles. The second-order valence-corrected chi connectivity index (χ2v) is 5.77. The van der Waals surface area contributed by atoms with Crippen LogP contribution in [0.3, 0.4) is 0 Å². The third-order valence-electron chi connectivity index (χ3n) is 2.84. The maximum atomic E-state index is 11.9. The van der Waals surface area contributed by atoms with E-state index in [2.05, 4.69) is 5.32 Å². The van der Waals surface area contributed by atoms with Crippen LogP contribution in [0.15, 0.2) is 0 Å². The van der Waals surface area contributed by atoms with Gasteiger partial charge in [-0.05, 0) is 7.05 Å². The van der Waals surface area contributed by atoms with Crippen molar-refractivity contribution in [3.63, 3.8) is 0 Å². The van der Waals surface area contributed by atoms with Crippen molar-refractivity contribution < 1.29 is 13.2 Å². The van der Waals surface area contributed by atoms with Crippen molar-refractivity contribution in [3.8, 4) is 0 Å². The van der Waals surface area contributed by atoms with Crippen molar-refractivity contribution >= 4 is 16.1 Å². The number of hydrogen-bond acceptors (Lipinski definition) is 4. The molecule has 1 atom stereocenters. The smallest absolute Gasteiger partial charge is 0.277 e. The van der Waals surface area contributed by atoms with E-state index in [1.54, 1.807) is 11.9 Å². The van der Waals surface area contributed by atoms with Crippen LogP contribution in [0.2, 0.25) is 0 Å². The molecule has 1 amide bonds. The third-order valence-corrected chi connectivity index (χ3v) is 3.93. The number of hydrogen-bond donors (Lipinski definition) is 2. The summed E-state index contributed by atoms with van der Waals surface area (Å²) in [5.74, 6) is -0.0468. The van der Waals surface area contributed by atoms with Gasteiger partial charge in [-0.15, -0.1) is 0 Å². The Bertz CT molecular complexity index is 362. The summed E-state index contributed by atoms with van der Waals surface area (Å²) in [7, 11) is -1.83. The predicted molar refractivity (Wildman–Crippen MR) is 64.4 cm³/mol. The normalized spacial score (nSPS) is 20.3. The molecule has 1 aliphatic rings. The van der Waals surface area contributed by atoms with E-state index in [-0.39, 0.29) is 24.9 Å². The quantitative estimate of drug-likeness (QED) is 0.625. The molecule has 0 aromatic heterocycles. The molecule has 8 heteroatoms. The van der Waals surface area contributed by atoms with E-state index >= 15 is 0 Å². The molecule has 3 N–H and O–H groups in total. The van der Waals surface area contributed by atoms with Gasteiger partial charge in [-0.1, -0.05) is 6.92 Å². The standard InChI is InChI=1S/C9H20N4O3S/c1-8(7-11-2)9(14)12-3-5-13(6-4-12)17(10,15)16/h8,11H,3-7H2,1-2H3,(H2,10,15,16). The highest BCUT2D eigenvalue weighted by Crippen LogP contribution is 2.08. The Morgan fingerprint density at radius 2 is 1.88 bits per heavy atom. The Labute approximate surface area is 102 Å². The Morgan fingerprint density at radius 3 is 2.29 bits per heavy atom. The number of nitrogens with one attached hydrogen (secondary N) is 1. The molecule has 1 heterocycles. The molecule has 0 aliphatic carbocycles. The van der Waals surface area contributed by atoms with Gasteiger partial charge in [0.2, 0.25) is 5.91 Å². The lowest BCUT2D eigenvalue weighted by molar-refractivity contribution is -0.136. The Hall–Kier alpha value is -0.700. The maximum Gasteiger partial charge on any atom is 0.277 e. The Balaban J connectivity index is 2.49. The first-order chi connectivity index (χ1) is 7.86. The predicted octanol–water partition coefficient (Wildman–Crippen LogP) is -1.81. The maximum absolute atomic E-state index is 11.9. The zero-order valence-electron chi connectivity index (χ0n) is 10.2. The minimum Gasteiger partial charge on any atom is -0.340 e. The van der Waals surface area contributed by atoms with Gasteiger partial charge in [0.1, 0.15) is 0 Å². The molecule has 1 aliphatic heterocycles. The van der Waals surface area contributed by atoms with Gasteiger partial charge < -0.3 is 10.2 Å². The summed E-state index contributed by atoms with van der Waals surface area (Å²) in [6, 6.07) is 0. The molecular weight excluding hydrogens is 244 g/mol. The third kappa shape index (κ3) is 3.91. The summed E-state index contributed by atoms with van der Waals surface area (Å²) in [4.78, 5) is 13.6. The number of nitrogens with zero attached hydrogens (tertiary/aromatic N) is 2. The van der Waals surface area contributed by atoms with Gasteiger partial charge in [0.15, 0.2) is 0 Å². The van der Waals surface area contributed by atoms with Crippen LogP contribution in [0, 0.1) is 5.92 Å². The van der Waals surface area contributed by atoms with E-state index in [0.29, 0.717) is 19.6 Å². The number of nitrogens with two attached hydrogens (primary N) is 1. The van der Waals surface area contributed by atoms with Crippen LogP contribution in [0.25, 0.3) is 0 Å². The van der Waals surface area contributed by atoms with E-state index in [9.17, 15) is 13.2 Å². The molecule has 0 aromatic rings. The van der Waals surface area contributed by atoms with Crippen LogP contribution in [0.1, 0.15) is 6.92 Å². The van der Waals surface area contributed by atoms with Gasteiger partial charge >= 0.3 is 0 Å². The van der Waals surface area contributed by atoms with E-state index in [4.69, 9.17) is 5.14 Å². The van der Waals surface area contributed by atoms with Crippen LogP contribution in [0.5, 0.6) is 0 Å². The molecule has 0 spiro atoms. The summed E-state index contributed by atoms with van der Waals surface area (Å²) >= 11 is 0. The Kier molecular flexibility index (Phi) is 4.87. The zero-order chi connectivity index (χ0) is 13.1. The van der Waals surface area contributed by atoms with Gasteiger partial charge in [0.25, 0.3) is 10.2 Å². The molecule has 0 bridgehead atoms. The van der Waals surface area contributed by atoms with Crippen molar-refractivity contribution in [1.29, 1.82) is 0 Å². The summed E-state index contributed by atoms with van der Waals surface area (Å²) in [6.45, 7) is 3.83. The molecule has 1 rings (SSSR count). The second-order valence-electron chi connectivity index (χ2n) is 4.23. The average Bonchev–Trinajstić information content (AvgIpc) is 2.27. The fourth-order valence-corrected chi connectivity index (χ4v) is 2.54. The van der Waals surface area contributed by atoms with E-state index in [0.717, 1.165) is 0 Å². The topological polar surface area (TPSA) is 95.7 Å². The monoisotopic (exact) mass is 264 g/mol. The highest BCUT2D eigenvalue weighted by Gasteiger charge is 2.28. The number of carbonyl (C=O) groups is 1.